The fourth-order valence-corrected chi connectivity index (χ4v) is 2.33. The zero-order valence-corrected chi connectivity index (χ0v) is 10.2. The van der Waals surface area contributed by atoms with Crippen LogP contribution in [0.4, 0.5) is 0 Å². The third-order valence-electron chi connectivity index (χ3n) is 2.45. The summed E-state index contributed by atoms with van der Waals surface area (Å²) < 4.78 is 0. The summed E-state index contributed by atoms with van der Waals surface area (Å²) in [6, 6.07) is 3.76. The van der Waals surface area contributed by atoms with Gasteiger partial charge in [0.25, 0.3) is 5.91 Å². The van der Waals surface area contributed by atoms with E-state index < -0.39 is 0 Å². The van der Waals surface area contributed by atoms with Crippen molar-refractivity contribution in [2.45, 2.75) is 26.7 Å². The number of allylic oxidation sites excluding steroid dienone is 2. The zero-order valence-electron chi connectivity index (χ0n) is 9.41. The monoisotopic (exact) mass is 234 g/mol. The van der Waals surface area contributed by atoms with Crippen molar-refractivity contribution >= 4 is 23.0 Å². The fourth-order valence-electron chi connectivity index (χ4n) is 1.58. The Bertz CT molecular complexity index is 471. The van der Waals surface area contributed by atoms with Gasteiger partial charge in [0, 0.05) is 4.88 Å². The van der Waals surface area contributed by atoms with Gasteiger partial charge in [-0.15, -0.1) is 11.3 Å². The topological polar surface area (TPSA) is 41.5 Å². The molecule has 1 aromatic rings. The molecule has 0 bridgehead atoms. The van der Waals surface area contributed by atoms with Gasteiger partial charge in [0.1, 0.15) is 0 Å². The highest BCUT2D eigenvalue weighted by atomic mass is 32.1. The Hall–Kier alpha value is -1.42. The highest BCUT2D eigenvalue weighted by Gasteiger charge is 2.09. The van der Waals surface area contributed by atoms with Gasteiger partial charge < -0.3 is 0 Å². The molecule has 0 saturated carbocycles. The van der Waals surface area contributed by atoms with E-state index in [2.05, 4.69) is 17.5 Å². The van der Waals surface area contributed by atoms with Crippen LogP contribution in [0.2, 0.25) is 0 Å². The standard InChI is InChI=1S/C12H14N2OS/c1-8-3-5-10(7-8)13-14-12(15)11-6-4-9(2)16-11/h4,6-7H,3,5H2,1-2H3,(H,14,15)/b13-10-. The van der Waals surface area contributed by atoms with Crippen LogP contribution in [0.1, 0.15) is 34.3 Å². The molecule has 0 radical (unpaired) electrons. The quantitative estimate of drug-likeness (QED) is 0.785. The molecule has 1 N–H and O–H groups in total. The smallest absolute Gasteiger partial charge is 0.266 e. The minimum atomic E-state index is -0.122. The summed E-state index contributed by atoms with van der Waals surface area (Å²) in [5, 5.41) is 4.11. The number of amides is 1. The van der Waals surface area contributed by atoms with Crippen LogP contribution in [0.3, 0.4) is 0 Å². The molecular weight excluding hydrogens is 220 g/mol. The number of carbonyl (C=O) groups is 1. The second kappa shape index (κ2) is 4.61. The fraction of sp³-hybridized carbons (Fsp3) is 0.333. The predicted octanol–water partition coefficient (Wildman–Crippen LogP) is 2.88. The lowest BCUT2D eigenvalue weighted by molar-refractivity contribution is 0.0959. The molecule has 1 aliphatic rings. The van der Waals surface area contributed by atoms with Crippen LogP contribution >= 0.6 is 11.3 Å². The average molecular weight is 234 g/mol. The van der Waals surface area contributed by atoms with Crippen LogP contribution in [0.5, 0.6) is 0 Å². The highest BCUT2D eigenvalue weighted by molar-refractivity contribution is 7.13. The summed E-state index contributed by atoms with van der Waals surface area (Å²) in [6.07, 6.45) is 4.00. The molecule has 1 heterocycles. The van der Waals surface area contributed by atoms with Crippen molar-refractivity contribution in [1.82, 2.24) is 5.43 Å². The van der Waals surface area contributed by atoms with E-state index in [0.29, 0.717) is 4.88 Å². The molecule has 0 atom stereocenters. The first-order chi connectivity index (χ1) is 7.65. The van der Waals surface area contributed by atoms with Crippen molar-refractivity contribution in [3.8, 4) is 0 Å². The molecule has 1 amide bonds. The Kier molecular flexibility index (Phi) is 3.19. The largest absolute Gasteiger partial charge is 0.281 e. The molecule has 3 nitrogen and oxygen atoms in total. The summed E-state index contributed by atoms with van der Waals surface area (Å²) in [4.78, 5) is 13.5. The van der Waals surface area contributed by atoms with E-state index in [1.807, 2.05) is 25.1 Å². The zero-order chi connectivity index (χ0) is 11.5. The maximum absolute atomic E-state index is 11.7. The van der Waals surface area contributed by atoms with Crippen molar-refractivity contribution in [3.05, 3.63) is 33.5 Å². The van der Waals surface area contributed by atoms with E-state index >= 15 is 0 Å². The Balaban J connectivity index is 1.99. The second-order valence-electron chi connectivity index (χ2n) is 3.95. The average Bonchev–Trinajstić information content (AvgIpc) is 2.84. The number of rotatable bonds is 2. The first-order valence-electron chi connectivity index (χ1n) is 5.25. The van der Waals surface area contributed by atoms with Crippen LogP contribution in [-0.4, -0.2) is 11.6 Å². The lowest BCUT2D eigenvalue weighted by Crippen LogP contribution is -2.17. The normalized spacial score (nSPS) is 17.6. The van der Waals surface area contributed by atoms with E-state index in [-0.39, 0.29) is 5.91 Å². The number of hydrazone groups is 1. The third-order valence-corrected chi connectivity index (χ3v) is 3.45. The number of thiophene rings is 1. The molecule has 0 aliphatic heterocycles. The van der Waals surface area contributed by atoms with E-state index in [1.165, 1.54) is 16.9 Å². The molecule has 1 aromatic heterocycles. The van der Waals surface area contributed by atoms with Crippen molar-refractivity contribution in [2.75, 3.05) is 0 Å². The van der Waals surface area contributed by atoms with E-state index in [4.69, 9.17) is 0 Å². The van der Waals surface area contributed by atoms with Gasteiger partial charge in [0.2, 0.25) is 0 Å². The number of nitrogens with zero attached hydrogens (tertiary/aromatic N) is 1. The van der Waals surface area contributed by atoms with Crippen LogP contribution in [0, 0.1) is 6.92 Å². The number of carbonyl (C=O) groups excluding carboxylic acids is 1. The van der Waals surface area contributed by atoms with Crippen molar-refractivity contribution in [2.24, 2.45) is 5.10 Å². The van der Waals surface area contributed by atoms with Gasteiger partial charge in [-0.2, -0.15) is 5.10 Å². The minimum absolute atomic E-state index is 0.122. The maximum atomic E-state index is 11.7. The predicted molar refractivity (Wildman–Crippen MR) is 66.9 cm³/mol. The summed E-state index contributed by atoms with van der Waals surface area (Å²) in [5.41, 5.74) is 4.87. The van der Waals surface area contributed by atoms with Crippen LogP contribution in [0.15, 0.2) is 28.9 Å². The minimum Gasteiger partial charge on any atom is -0.266 e. The summed E-state index contributed by atoms with van der Waals surface area (Å²) in [6.45, 7) is 4.06. The highest BCUT2D eigenvalue weighted by Crippen LogP contribution is 2.16. The van der Waals surface area contributed by atoms with Crippen LogP contribution in [-0.2, 0) is 0 Å². The first kappa shape index (κ1) is 11.1. The lowest BCUT2D eigenvalue weighted by Gasteiger charge is -1.97. The number of aryl methyl sites for hydroxylation is 1. The van der Waals surface area contributed by atoms with Gasteiger partial charge in [-0.1, -0.05) is 5.57 Å². The number of hydrogen-bond donors (Lipinski definition) is 1. The van der Waals surface area contributed by atoms with Gasteiger partial charge in [-0.05, 0) is 44.9 Å². The number of nitrogens with one attached hydrogen (secondary N) is 1. The number of hydrogen-bond acceptors (Lipinski definition) is 3. The Morgan fingerprint density at radius 2 is 2.19 bits per heavy atom. The van der Waals surface area contributed by atoms with Gasteiger partial charge >= 0.3 is 0 Å². The SMILES string of the molecule is CC1=C/C(=N\NC(=O)c2ccc(C)s2)CC1. The Morgan fingerprint density at radius 1 is 1.38 bits per heavy atom. The molecule has 0 unspecified atom stereocenters. The molecule has 4 heteroatoms. The molecular formula is C12H14N2OS. The first-order valence-corrected chi connectivity index (χ1v) is 6.07. The molecule has 0 fully saturated rings. The molecule has 16 heavy (non-hydrogen) atoms. The molecule has 84 valence electrons. The van der Waals surface area contributed by atoms with Crippen molar-refractivity contribution in [3.63, 3.8) is 0 Å². The summed E-state index contributed by atoms with van der Waals surface area (Å²) in [7, 11) is 0. The molecule has 0 aromatic carbocycles. The molecule has 0 spiro atoms. The van der Waals surface area contributed by atoms with Gasteiger partial charge in [-0.25, -0.2) is 5.43 Å². The van der Waals surface area contributed by atoms with Gasteiger partial charge in [0.15, 0.2) is 0 Å². The Labute approximate surface area is 98.9 Å². The lowest BCUT2D eigenvalue weighted by atomic mass is 10.3. The van der Waals surface area contributed by atoms with E-state index in [1.54, 1.807) is 0 Å². The third kappa shape index (κ3) is 2.58. The van der Waals surface area contributed by atoms with Crippen molar-refractivity contribution in [1.29, 1.82) is 0 Å². The van der Waals surface area contributed by atoms with E-state index in [0.717, 1.165) is 23.4 Å². The maximum Gasteiger partial charge on any atom is 0.281 e. The summed E-state index contributed by atoms with van der Waals surface area (Å²) >= 11 is 1.48. The molecule has 1 aliphatic carbocycles. The summed E-state index contributed by atoms with van der Waals surface area (Å²) in [5.74, 6) is -0.122. The van der Waals surface area contributed by atoms with Crippen LogP contribution in [0.25, 0.3) is 0 Å². The second-order valence-corrected chi connectivity index (χ2v) is 5.23. The molecule has 0 saturated heterocycles. The van der Waals surface area contributed by atoms with Crippen LogP contribution < -0.4 is 5.43 Å². The molecule has 2 rings (SSSR count). The van der Waals surface area contributed by atoms with Crippen molar-refractivity contribution < 1.29 is 4.79 Å². The van der Waals surface area contributed by atoms with Gasteiger partial charge in [0.05, 0.1) is 10.6 Å². The van der Waals surface area contributed by atoms with E-state index in [9.17, 15) is 4.79 Å². The Morgan fingerprint density at radius 3 is 2.75 bits per heavy atom. The van der Waals surface area contributed by atoms with Gasteiger partial charge in [-0.3, -0.25) is 4.79 Å².